The highest BCUT2D eigenvalue weighted by atomic mass is 16.5. The molecule has 1 unspecified atom stereocenters. The first-order valence-corrected chi connectivity index (χ1v) is 8.20. The highest BCUT2D eigenvalue weighted by Crippen LogP contribution is 2.29. The summed E-state index contributed by atoms with van der Waals surface area (Å²) in [4.78, 5) is 12.6. The number of anilines is 2. The molecule has 1 atom stereocenters. The fourth-order valence-electron chi connectivity index (χ4n) is 3.16. The number of rotatable bonds is 5. The number of hydrogen-bond acceptors (Lipinski definition) is 4. The zero-order valence-electron chi connectivity index (χ0n) is 15.1. The van der Waals surface area contributed by atoms with Gasteiger partial charge < -0.3 is 15.8 Å². The predicted octanol–water partition coefficient (Wildman–Crippen LogP) is 4.22. The van der Waals surface area contributed by atoms with Crippen LogP contribution in [-0.4, -0.2) is 12.6 Å². The van der Waals surface area contributed by atoms with E-state index in [-0.39, 0.29) is 5.97 Å². The monoisotopic (exact) mass is 326 g/mol. The molecule has 2 aromatic rings. The number of nitrogens with one attached hydrogen (secondary N) is 1. The number of esters is 1. The molecule has 0 spiro atoms. The molecule has 2 rings (SSSR count). The summed E-state index contributed by atoms with van der Waals surface area (Å²) in [7, 11) is 0. The van der Waals surface area contributed by atoms with E-state index in [1.165, 1.54) is 0 Å². The third-order valence-corrected chi connectivity index (χ3v) is 3.96. The highest BCUT2D eigenvalue weighted by Gasteiger charge is 2.25. The van der Waals surface area contributed by atoms with Crippen molar-refractivity contribution in [3.8, 4) is 0 Å². The van der Waals surface area contributed by atoms with Gasteiger partial charge in [0.05, 0.1) is 6.61 Å². The summed E-state index contributed by atoms with van der Waals surface area (Å²) < 4.78 is 5.30. The van der Waals surface area contributed by atoms with Crippen LogP contribution in [0.15, 0.2) is 30.3 Å². The van der Waals surface area contributed by atoms with Crippen LogP contribution >= 0.6 is 0 Å². The Morgan fingerprint density at radius 1 is 1.04 bits per heavy atom. The first-order chi connectivity index (χ1) is 11.3. The summed E-state index contributed by atoms with van der Waals surface area (Å²) in [5.41, 5.74) is 12.7. The average molecular weight is 326 g/mol. The molecule has 0 saturated carbocycles. The summed E-state index contributed by atoms with van der Waals surface area (Å²) in [5, 5.41) is 3.35. The molecule has 0 amide bonds. The van der Waals surface area contributed by atoms with E-state index in [0.29, 0.717) is 12.3 Å². The van der Waals surface area contributed by atoms with Gasteiger partial charge in [-0.3, -0.25) is 0 Å². The van der Waals surface area contributed by atoms with E-state index in [1.807, 2.05) is 58.9 Å². The van der Waals surface area contributed by atoms with Crippen molar-refractivity contribution in [1.82, 2.24) is 0 Å². The molecule has 4 heteroatoms. The van der Waals surface area contributed by atoms with Gasteiger partial charge in [0.2, 0.25) is 0 Å². The molecule has 128 valence electrons. The van der Waals surface area contributed by atoms with Gasteiger partial charge in [0.15, 0.2) is 6.04 Å². The normalized spacial score (nSPS) is 11.9. The minimum absolute atomic E-state index is 0.285. The molecule has 0 heterocycles. The van der Waals surface area contributed by atoms with Crippen LogP contribution in [0.2, 0.25) is 0 Å². The molecule has 4 nitrogen and oxygen atoms in total. The summed E-state index contributed by atoms with van der Waals surface area (Å²) >= 11 is 0. The van der Waals surface area contributed by atoms with Crippen molar-refractivity contribution in [2.75, 3.05) is 17.7 Å². The lowest BCUT2D eigenvalue weighted by atomic mass is 9.95. The number of ether oxygens (including phenoxy) is 1. The summed E-state index contributed by atoms with van der Waals surface area (Å²) in [6, 6.07) is 9.37. The standard InChI is InChI=1S/C20H26N2O2/c1-6-24-20(23)19(18-14(4)10-16(21)11-15(18)5)22-17-8-12(2)7-13(3)9-17/h7-11,19,22H,6,21H2,1-5H3. The minimum atomic E-state index is -0.563. The fraction of sp³-hybridized carbons (Fsp3) is 0.350. The van der Waals surface area contributed by atoms with Gasteiger partial charge in [-0.1, -0.05) is 6.07 Å². The summed E-state index contributed by atoms with van der Waals surface area (Å²) in [6.07, 6.45) is 0. The maximum Gasteiger partial charge on any atom is 0.333 e. The first kappa shape index (κ1) is 17.9. The molecule has 0 saturated heterocycles. The first-order valence-electron chi connectivity index (χ1n) is 8.20. The molecular formula is C20H26N2O2. The molecular weight excluding hydrogens is 300 g/mol. The van der Waals surface area contributed by atoms with Crippen LogP contribution in [0.25, 0.3) is 0 Å². The van der Waals surface area contributed by atoms with Crippen molar-refractivity contribution in [2.24, 2.45) is 0 Å². The van der Waals surface area contributed by atoms with Crippen molar-refractivity contribution >= 4 is 17.3 Å². The molecule has 24 heavy (non-hydrogen) atoms. The SMILES string of the molecule is CCOC(=O)C(Nc1cc(C)cc(C)c1)c1c(C)cc(N)cc1C. The van der Waals surface area contributed by atoms with E-state index in [0.717, 1.165) is 33.5 Å². The summed E-state index contributed by atoms with van der Waals surface area (Å²) in [6.45, 7) is 10.2. The Hall–Kier alpha value is -2.49. The Morgan fingerprint density at radius 2 is 1.58 bits per heavy atom. The van der Waals surface area contributed by atoms with Gasteiger partial charge in [0, 0.05) is 11.4 Å². The van der Waals surface area contributed by atoms with Crippen LogP contribution in [0, 0.1) is 27.7 Å². The van der Waals surface area contributed by atoms with Crippen LogP contribution in [0.5, 0.6) is 0 Å². The smallest absolute Gasteiger partial charge is 0.333 e. The zero-order chi connectivity index (χ0) is 17.9. The van der Waals surface area contributed by atoms with Gasteiger partial charge in [-0.15, -0.1) is 0 Å². The lowest BCUT2D eigenvalue weighted by molar-refractivity contribution is -0.144. The van der Waals surface area contributed by atoms with Crippen molar-refractivity contribution < 1.29 is 9.53 Å². The molecule has 0 aromatic heterocycles. The number of benzene rings is 2. The van der Waals surface area contributed by atoms with Crippen LogP contribution in [0.1, 0.15) is 40.8 Å². The number of carbonyl (C=O) groups excluding carboxylic acids is 1. The van der Waals surface area contributed by atoms with Crippen molar-refractivity contribution in [2.45, 2.75) is 40.7 Å². The Morgan fingerprint density at radius 3 is 2.08 bits per heavy atom. The molecule has 0 fully saturated rings. The number of nitrogens with two attached hydrogens (primary N) is 1. The van der Waals surface area contributed by atoms with Crippen molar-refractivity contribution in [3.05, 3.63) is 58.1 Å². The van der Waals surface area contributed by atoms with E-state index in [4.69, 9.17) is 10.5 Å². The highest BCUT2D eigenvalue weighted by molar-refractivity contribution is 5.82. The molecule has 0 aliphatic rings. The number of aryl methyl sites for hydroxylation is 4. The Balaban J connectivity index is 2.48. The van der Waals surface area contributed by atoms with Gasteiger partial charge in [-0.25, -0.2) is 4.79 Å². The molecule has 3 N–H and O–H groups in total. The van der Waals surface area contributed by atoms with Crippen LogP contribution < -0.4 is 11.1 Å². The van der Waals surface area contributed by atoms with Crippen LogP contribution in [0.3, 0.4) is 0 Å². The Bertz CT molecular complexity index is 710. The minimum Gasteiger partial charge on any atom is -0.464 e. The molecule has 0 aliphatic carbocycles. The number of carbonyl (C=O) groups is 1. The lowest BCUT2D eigenvalue weighted by Crippen LogP contribution is -2.25. The zero-order valence-corrected chi connectivity index (χ0v) is 15.1. The van der Waals surface area contributed by atoms with E-state index >= 15 is 0 Å². The molecule has 0 aliphatic heterocycles. The van der Waals surface area contributed by atoms with Gasteiger partial charge in [-0.05, 0) is 86.7 Å². The van der Waals surface area contributed by atoms with Crippen LogP contribution in [0.4, 0.5) is 11.4 Å². The Labute approximate surface area is 144 Å². The van der Waals surface area contributed by atoms with E-state index < -0.39 is 6.04 Å². The number of nitrogen functional groups attached to an aromatic ring is 1. The molecule has 0 bridgehead atoms. The van der Waals surface area contributed by atoms with E-state index in [2.05, 4.69) is 11.4 Å². The second-order valence-corrected chi connectivity index (χ2v) is 6.27. The van der Waals surface area contributed by atoms with Crippen molar-refractivity contribution in [3.63, 3.8) is 0 Å². The summed E-state index contributed by atoms with van der Waals surface area (Å²) in [5.74, 6) is -0.285. The van der Waals surface area contributed by atoms with Gasteiger partial charge >= 0.3 is 5.97 Å². The van der Waals surface area contributed by atoms with Crippen LogP contribution in [-0.2, 0) is 9.53 Å². The maximum absolute atomic E-state index is 12.6. The predicted molar refractivity (Wildman–Crippen MR) is 99.2 cm³/mol. The second-order valence-electron chi connectivity index (χ2n) is 6.27. The maximum atomic E-state index is 12.6. The topological polar surface area (TPSA) is 64.3 Å². The van der Waals surface area contributed by atoms with E-state index in [1.54, 1.807) is 0 Å². The third-order valence-electron chi connectivity index (χ3n) is 3.96. The quantitative estimate of drug-likeness (QED) is 0.638. The van der Waals surface area contributed by atoms with Gasteiger partial charge in [-0.2, -0.15) is 0 Å². The Kier molecular flexibility index (Phi) is 5.50. The van der Waals surface area contributed by atoms with Gasteiger partial charge in [0.25, 0.3) is 0 Å². The molecule has 2 aromatic carbocycles. The third kappa shape index (κ3) is 4.07. The van der Waals surface area contributed by atoms with Crippen molar-refractivity contribution in [1.29, 1.82) is 0 Å². The number of hydrogen-bond donors (Lipinski definition) is 2. The average Bonchev–Trinajstić information content (AvgIpc) is 2.44. The fourth-order valence-corrected chi connectivity index (χ4v) is 3.16. The van der Waals surface area contributed by atoms with E-state index in [9.17, 15) is 4.79 Å². The molecule has 0 radical (unpaired) electrons. The second kappa shape index (κ2) is 7.39. The lowest BCUT2D eigenvalue weighted by Gasteiger charge is -2.23. The van der Waals surface area contributed by atoms with Gasteiger partial charge in [0.1, 0.15) is 0 Å². The largest absolute Gasteiger partial charge is 0.464 e.